The van der Waals surface area contributed by atoms with Crippen molar-refractivity contribution in [2.24, 2.45) is 11.8 Å². The maximum atomic E-state index is 12.7. The Morgan fingerprint density at radius 2 is 1.71 bits per heavy atom. The Bertz CT molecular complexity index is 600. The molecule has 0 bridgehead atoms. The highest BCUT2D eigenvalue weighted by Crippen LogP contribution is 2.39. The predicted octanol–water partition coefficient (Wildman–Crippen LogP) is 4.89. The lowest BCUT2D eigenvalue weighted by molar-refractivity contribution is -0.177. The molecule has 0 spiro atoms. The number of amides is 1. The van der Waals surface area contributed by atoms with Gasteiger partial charge in [-0.2, -0.15) is 0 Å². The molecule has 1 amide bonds. The molecule has 0 aliphatic carbocycles. The van der Waals surface area contributed by atoms with Gasteiger partial charge in [-0.15, -0.1) is 0 Å². The van der Waals surface area contributed by atoms with Crippen LogP contribution in [-0.4, -0.2) is 46.2 Å². The number of nitrogens with zero attached hydrogens (tertiary/aromatic N) is 1. The second-order valence-electron chi connectivity index (χ2n) is 9.13. The summed E-state index contributed by atoms with van der Waals surface area (Å²) in [6.45, 7) is 16.2. The van der Waals surface area contributed by atoms with Crippen molar-refractivity contribution in [1.29, 1.82) is 0 Å². The summed E-state index contributed by atoms with van der Waals surface area (Å²) < 4.78 is 12.7. The molecule has 0 saturated heterocycles. The summed E-state index contributed by atoms with van der Waals surface area (Å²) in [5.74, 6) is -0.336. The molecule has 1 rings (SSSR count). The van der Waals surface area contributed by atoms with Gasteiger partial charge in [-0.05, 0) is 23.7 Å². The summed E-state index contributed by atoms with van der Waals surface area (Å²) in [5, 5.41) is 1.34. The van der Waals surface area contributed by atoms with Gasteiger partial charge in [0, 0.05) is 13.0 Å². The third-order valence-electron chi connectivity index (χ3n) is 5.76. The molecular formula is C22H39NO4Si. The number of benzene rings is 1. The molecule has 0 saturated carbocycles. The molecule has 0 radical (unpaired) electrons. The van der Waals surface area contributed by atoms with E-state index in [0.29, 0.717) is 13.2 Å². The maximum absolute atomic E-state index is 12.7. The molecule has 3 atom stereocenters. The SMILES string of the molecule is CON(C)C(=O)[C@@H](C)[C@H](O[Si](C)(C)C(C)(C)C)[C@H](C)COCc1ccccc1. The van der Waals surface area contributed by atoms with Crippen LogP contribution in [0.3, 0.4) is 0 Å². The van der Waals surface area contributed by atoms with Gasteiger partial charge in [-0.3, -0.25) is 9.63 Å². The summed E-state index contributed by atoms with van der Waals surface area (Å²) in [7, 11) is 1.08. The minimum absolute atomic E-state index is 0.0613. The first kappa shape index (κ1) is 24.8. The first-order valence-corrected chi connectivity index (χ1v) is 12.9. The van der Waals surface area contributed by atoms with E-state index in [1.54, 1.807) is 7.05 Å². The first-order chi connectivity index (χ1) is 12.9. The zero-order valence-corrected chi connectivity index (χ0v) is 20.1. The van der Waals surface area contributed by atoms with E-state index in [-0.39, 0.29) is 28.9 Å². The molecule has 0 aliphatic rings. The maximum Gasteiger partial charge on any atom is 0.251 e. The van der Waals surface area contributed by atoms with Gasteiger partial charge in [0.2, 0.25) is 0 Å². The summed E-state index contributed by atoms with van der Waals surface area (Å²) in [6, 6.07) is 10.1. The lowest BCUT2D eigenvalue weighted by Gasteiger charge is -2.42. The monoisotopic (exact) mass is 409 g/mol. The minimum atomic E-state index is -2.05. The van der Waals surface area contributed by atoms with E-state index in [2.05, 4.69) is 40.8 Å². The van der Waals surface area contributed by atoms with Gasteiger partial charge >= 0.3 is 0 Å². The molecule has 6 heteroatoms. The smallest absolute Gasteiger partial charge is 0.251 e. The lowest BCUT2D eigenvalue weighted by Crippen LogP contribution is -2.50. The Morgan fingerprint density at radius 1 is 1.14 bits per heavy atom. The Hall–Kier alpha value is -1.21. The van der Waals surface area contributed by atoms with Gasteiger partial charge in [0.05, 0.1) is 32.3 Å². The molecular weight excluding hydrogens is 370 g/mol. The fourth-order valence-corrected chi connectivity index (χ4v) is 4.25. The standard InChI is InChI=1S/C22H39NO4Si/c1-17(15-26-16-19-13-11-10-12-14-19)20(18(2)21(24)23(6)25-7)27-28(8,9)22(3,4)5/h10-14,17-18,20H,15-16H2,1-9H3/t17-,18+,20-/m1/s1. The number of carbonyl (C=O) groups is 1. The average molecular weight is 410 g/mol. The normalized spacial score (nSPS) is 15.8. The van der Waals surface area contributed by atoms with Crippen LogP contribution in [-0.2, 0) is 25.4 Å². The van der Waals surface area contributed by atoms with Crippen LogP contribution in [0.2, 0.25) is 18.1 Å². The molecule has 0 fully saturated rings. The number of carbonyl (C=O) groups excluding carboxylic acids is 1. The minimum Gasteiger partial charge on any atom is -0.413 e. The van der Waals surface area contributed by atoms with Gasteiger partial charge in [0.25, 0.3) is 5.91 Å². The van der Waals surface area contributed by atoms with Crippen LogP contribution in [0.15, 0.2) is 30.3 Å². The Morgan fingerprint density at radius 3 is 2.21 bits per heavy atom. The third-order valence-corrected chi connectivity index (χ3v) is 10.2. The Labute approximate surface area is 172 Å². The van der Waals surface area contributed by atoms with Crippen molar-refractivity contribution in [2.75, 3.05) is 20.8 Å². The van der Waals surface area contributed by atoms with Crippen LogP contribution in [0.4, 0.5) is 0 Å². The number of rotatable bonds is 10. The fourth-order valence-electron chi connectivity index (χ4n) is 2.78. The van der Waals surface area contributed by atoms with Crippen LogP contribution in [0, 0.1) is 11.8 Å². The topological polar surface area (TPSA) is 48.0 Å². The van der Waals surface area contributed by atoms with Crippen molar-refractivity contribution in [1.82, 2.24) is 5.06 Å². The highest BCUT2D eigenvalue weighted by atomic mass is 28.4. The van der Waals surface area contributed by atoms with Gasteiger partial charge in [0.15, 0.2) is 8.32 Å². The van der Waals surface area contributed by atoms with E-state index in [1.807, 2.05) is 37.3 Å². The van der Waals surface area contributed by atoms with Gasteiger partial charge in [-0.25, -0.2) is 5.06 Å². The molecule has 1 aromatic carbocycles. The summed E-state index contributed by atoms with van der Waals surface area (Å²) in [4.78, 5) is 17.9. The van der Waals surface area contributed by atoms with Crippen molar-refractivity contribution in [2.45, 2.75) is 65.5 Å². The van der Waals surface area contributed by atoms with Crippen molar-refractivity contribution in [3.8, 4) is 0 Å². The molecule has 0 unspecified atom stereocenters. The summed E-state index contributed by atoms with van der Waals surface area (Å²) in [6.07, 6.45) is -0.234. The molecule has 1 aromatic rings. The van der Waals surface area contributed by atoms with Crippen LogP contribution < -0.4 is 0 Å². The first-order valence-electron chi connectivity index (χ1n) is 10.0. The van der Waals surface area contributed by atoms with Crippen LogP contribution in [0.5, 0.6) is 0 Å². The second-order valence-corrected chi connectivity index (χ2v) is 13.9. The zero-order valence-electron chi connectivity index (χ0n) is 19.1. The average Bonchev–Trinajstić information content (AvgIpc) is 2.64. The molecule has 160 valence electrons. The van der Waals surface area contributed by atoms with E-state index in [0.717, 1.165) is 5.56 Å². The van der Waals surface area contributed by atoms with Crippen LogP contribution >= 0.6 is 0 Å². The highest BCUT2D eigenvalue weighted by molar-refractivity contribution is 6.74. The Balaban J connectivity index is 2.90. The van der Waals surface area contributed by atoms with Crippen molar-refractivity contribution >= 4 is 14.2 Å². The van der Waals surface area contributed by atoms with Crippen LogP contribution in [0.25, 0.3) is 0 Å². The molecule has 5 nitrogen and oxygen atoms in total. The number of hydroxylamine groups is 2. The second kappa shape index (κ2) is 10.5. The molecule has 28 heavy (non-hydrogen) atoms. The van der Waals surface area contributed by atoms with Gasteiger partial charge < -0.3 is 9.16 Å². The van der Waals surface area contributed by atoms with Gasteiger partial charge in [0.1, 0.15) is 0 Å². The van der Waals surface area contributed by atoms with E-state index >= 15 is 0 Å². The third kappa shape index (κ3) is 6.99. The van der Waals surface area contributed by atoms with Crippen molar-refractivity contribution in [3.05, 3.63) is 35.9 Å². The predicted molar refractivity (Wildman–Crippen MR) is 116 cm³/mol. The van der Waals surface area contributed by atoms with E-state index in [4.69, 9.17) is 14.0 Å². The molecule has 0 heterocycles. The van der Waals surface area contributed by atoms with Crippen molar-refractivity contribution < 1.29 is 18.8 Å². The van der Waals surface area contributed by atoms with Crippen LogP contribution in [0.1, 0.15) is 40.2 Å². The Kier molecular flexibility index (Phi) is 9.34. The lowest BCUT2D eigenvalue weighted by atomic mass is 9.93. The van der Waals surface area contributed by atoms with E-state index < -0.39 is 8.32 Å². The largest absolute Gasteiger partial charge is 0.413 e. The van der Waals surface area contributed by atoms with Gasteiger partial charge in [-0.1, -0.05) is 65.0 Å². The number of hydrogen-bond acceptors (Lipinski definition) is 4. The number of ether oxygens (including phenoxy) is 1. The fraction of sp³-hybridized carbons (Fsp3) is 0.682. The van der Waals surface area contributed by atoms with E-state index in [1.165, 1.54) is 12.2 Å². The van der Waals surface area contributed by atoms with E-state index in [9.17, 15) is 4.79 Å². The highest BCUT2D eigenvalue weighted by Gasteiger charge is 2.43. The van der Waals surface area contributed by atoms with Crippen molar-refractivity contribution in [3.63, 3.8) is 0 Å². The quantitative estimate of drug-likeness (QED) is 0.408. The summed E-state index contributed by atoms with van der Waals surface area (Å²) in [5.41, 5.74) is 1.14. The zero-order chi connectivity index (χ0) is 21.5. The summed E-state index contributed by atoms with van der Waals surface area (Å²) >= 11 is 0. The molecule has 0 aliphatic heterocycles. The molecule has 0 aromatic heterocycles. The molecule has 0 N–H and O–H groups in total. The number of hydrogen-bond donors (Lipinski definition) is 0.